The van der Waals surface area contributed by atoms with E-state index < -0.39 is 42.0 Å². The lowest BCUT2D eigenvalue weighted by atomic mass is 9.78. The highest BCUT2D eigenvalue weighted by atomic mass is 19.3. The van der Waals surface area contributed by atoms with Crippen molar-refractivity contribution in [1.82, 2.24) is 25.4 Å². The van der Waals surface area contributed by atoms with Crippen LogP contribution in [0.2, 0.25) is 0 Å². The number of carbonyl (C=O) groups excluding carboxylic acids is 1. The smallest absolute Gasteiger partial charge is 0.252 e. The Morgan fingerprint density at radius 1 is 1.02 bits per heavy atom. The van der Waals surface area contributed by atoms with Gasteiger partial charge in [0.15, 0.2) is 6.23 Å². The van der Waals surface area contributed by atoms with Crippen LogP contribution in [0.3, 0.4) is 0 Å². The molecule has 2 aromatic heterocycles. The number of nitriles is 2. The average Bonchev–Trinajstić information content (AvgIpc) is 3.37. The maximum absolute atomic E-state index is 14.0. The van der Waals surface area contributed by atoms with Crippen molar-refractivity contribution in [3.8, 4) is 29.0 Å². The molecule has 1 atom stereocenters. The molecule has 12 heteroatoms. The number of halogens is 2. The van der Waals surface area contributed by atoms with Crippen LogP contribution in [0.15, 0.2) is 59.3 Å². The molecule has 4 aromatic rings. The number of aliphatic hydroxyl groups excluding tert-OH is 1. The fourth-order valence-corrected chi connectivity index (χ4v) is 5.15. The van der Waals surface area contributed by atoms with E-state index in [4.69, 9.17) is 9.68 Å². The average molecular weight is 558 g/mol. The highest BCUT2D eigenvalue weighted by molar-refractivity contribution is 5.88. The van der Waals surface area contributed by atoms with Crippen LogP contribution in [-0.4, -0.2) is 42.8 Å². The molecule has 3 N–H and O–H groups in total. The van der Waals surface area contributed by atoms with Gasteiger partial charge in [-0.15, -0.1) is 5.10 Å². The van der Waals surface area contributed by atoms with Gasteiger partial charge >= 0.3 is 0 Å². The third-order valence-electron chi connectivity index (χ3n) is 7.87. The molecule has 0 saturated heterocycles. The molecule has 2 fully saturated rings. The van der Waals surface area contributed by atoms with Gasteiger partial charge in [0.25, 0.3) is 5.82 Å². The molecular formula is C29H25F2N7O3. The fraction of sp³-hybridized carbons (Fsp3) is 0.345. The quantitative estimate of drug-likeness (QED) is 0.285. The Balaban J connectivity index is 1.22. The number of furan rings is 1. The van der Waals surface area contributed by atoms with E-state index in [1.165, 1.54) is 11.0 Å². The largest absolute Gasteiger partial charge is 0.457 e. The number of carbonyl (C=O) groups is 1. The number of nitrogens with one attached hydrogen (secondary N) is 2. The maximum atomic E-state index is 14.0. The first kappa shape index (κ1) is 26.6. The van der Waals surface area contributed by atoms with Gasteiger partial charge in [0.2, 0.25) is 11.8 Å². The SMILES string of the molecule is N#Cc1ncn(-c2ccc(-c3ccc4cc(C(O)NC5(C(=O)NC6(C#N)CC6)CCC(F)(F)CC5)oc4c3)cc2)n1. The van der Waals surface area contributed by atoms with Crippen molar-refractivity contribution < 1.29 is 23.1 Å². The van der Waals surface area contributed by atoms with Crippen LogP contribution in [0, 0.1) is 22.7 Å². The summed E-state index contributed by atoms with van der Waals surface area (Å²) in [4.78, 5) is 17.2. The molecule has 41 heavy (non-hydrogen) atoms. The summed E-state index contributed by atoms with van der Waals surface area (Å²) in [5, 5.41) is 39.8. The molecule has 0 aliphatic heterocycles. The number of nitrogens with zero attached hydrogens (tertiary/aromatic N) is 5. The predicted octanol–water partition coefficient (Wildman–Crippen LogP) is 4.25. The number of hydrogen-bond donors (Lipinski definition) is 3. The summed E-state index contributed by atoms with van der Waals surface area (Å²) < 4.78 is 35.5. The molecule has 10 nitrogen and oxygen atoms in total. The van der Waals surface area contributed by atoms with Gasteiger partial charge in [-0.1, -0.05) is 24.3 Å². The molecule has 2 aliphatic carbocycles. The summed E-state index contributed by atoms with van der Waals surface area (Å²) in [6.07, 6.45) is -0.405. The van der Waals surface area contributed by atoms with Crippen molar-refractivity contribution in [3.05, 3.63) is 66.4 Å². The highest BCUT2D eigenvalue weighted by Crippen LogP contribution is 2.42. The van der Waals surface area contributed by atoms with Crippen LogP contribution in [-0.2, 0) is 4.79 Å². The van der Waals surface area contributed by atoms with E-state index in [0.717, 1.165) is 16.8 Å². The topological polar surface area (TPSA) is 153 Å². The summed E-state index contributed by atoms with van der Waals surface area (Å²) in [5.74, 6) is -3.25. The lowest BCUT2D eigenvalue weighted by Gasteiger charge is -2.41. The minimum Gasteiger partial charge on any atom is -0.457 e. The molecule has 208 valence electrons. The van der Waals surface area contributed by atoms with Gasteiger partial charge in [-0.05, 0) is 61.1 Å². The van der Waals surface area contributed by atoms with Crippen molar-refractivity contribution in [2.75, 3.05) is 0 Å². The molecule has 2 aliphatic rings. The number of aliphatic hydroxyl groups is 1. The highest BCUT2D eigenvalue weighted by Gasteiger charge is 2.53. The van der Waals surface area contributed by atoms with E-state index in [2.05, 4.69) is 26.8 Å². The molecule has 2 heterocycles. The number of fused-ring (bicyclic) bond motifs is 1. The Morgan fingerprint density at radius 3 is 2.37 bits per heavy atom. The van der Waals surface area contributed by atoms with Crippen LogP contribution in [0.4, 0.5) is 8.78 Å². The first-order chi connectivity index (χ1) is 19.6. The van der Waals surface area contributed by atoms with Crippen molar-refractivity contribution in [2.24, 2.45) is 0 Å². The summed E-state index contributed by atoms with van der Waals surface area (Å²) in [5.41, 5.74) is 0.516. The van der Waals surface area contributed by atoms with E-state index in [1.54, 1.807) is 6.07 Å². The number of rotatable bonds is 7. The number of hydrogen-bond acceptors (Lipinski definition) is 8. The Labute approximate surface area is 233 Å². The molecule has 6 rings (SSSR count). The lowest BCUT2D eigenvalue weighted by molar-refractivity contribution is -0.137. The summed E-state index contributed by atoms with van der Waals surface area (Å²) in [6.45, 7) is 0. The van der Waals surface area contributed by atoms with E-state index >= 15 is 0 Å². The lowest BCUT2D eigenvalue weighted by Crippen LogP contribution is -2.62. The zero-order chi connectivity index (χ0) is 28.8. The molecular weight excluding hydrogens is 532 g/mol. The molecule has 0 bridgehead atoms. The number of amides is 1. The maximum Gasteiger partial charge on any atom is 0.252 e. The molecule has 0 spiro atoms. The second-order valence-corrected chi connectivity index (χ2v) is 10.7. The second kappa shape index (κ2) is 9.77. The summed E-state index contributed by atoms with van der Waals surface area (Å²) >= 11 is 0. The standard InChI is InChI=1S/C29H25F2N7O3/c30-29(31)11-9-28(10-12-29,26(40)36-27(16-33)7-8-27)35-25(39)23-14-20-2-1-19(13-22(20)41-23)18-3-5-21(6-4-18)38-17-34-24(15-32)37-38/h1-6,13-14,17,25,35,39H,7-12H2,(H,36,40). The number of alkyl halides is 2. The zero-order valence-electron chi connectivity index (χ0n) is 21.8. The van der Waals surface area contributed by atoms with Crippen molar-refractivity contribution in [2.45, 2.75) is 61.8 Å². The van der Waals surface area contributed by atoms with Crippen LogP contribution < -0.4 is 10.6 Å². The van der Waals surface area contributed by atoms with Crippen LogP contribution in [0.5, 0.6) is 0 Å². The molecule has 1 unspecified atom stereocenters. The van der Waals surface area contributed by atoms with Crippen LogP contribution >= 0.6 is 0 Å². The molecule has 2 aromatic carbocycles. The normalized spacial score (nSPS) is 19.1. The minimum absolute atomic E-state index is 0.0757. The Morgan fingerprint density at radius 2 is 1.73 bits per heavy atom. The van der Waals surface area contributed by atoms with Crippen molar-refractivity contribution >= 4 is 16.9 Å². The molecule has 0 radical (unpaired) electrons. The van der Waals surface area contributed by atoms with E-state index in [1.807, 2.05) is 48.5 Å². The van der Waals surface area contributed by atoms with Gasteiger partial charge in [0, 0.05) is 18.2 Å². The monoisotopic (exact) mass is 557 g/mol. The first-order valence-corrected chi connectivity index (χ1v) is 13.2. The summed E-state index contributed by atoms with van der Waals surface area (Å²) in [6, 6.07) is 18.6. The third kappa shape index (κ3) is 5.15. The number of benzene rings is 2. The van der Waals surface area contributed by atoms with Crippen LogP contribution in [0.25, 0.3) is 27.8 Å². The van der Waals surface area contributed by atoms with Crippen molar-refractivity contribution in [1.29, 1.82) is 10.5 Å². The Hall–Kier alpha value is -4.65. The minimum atomic E-state index is -2.90. The third-order valence-corrected chi connectivity index (χ3v) is 7.87. The van der Waals surface area contributed by atoms with Gasteiger partial charge < -0.3 is 14.8 Å². The van der Waals surface area contributed by atoms with Crippen LogP contribution in [0.1, 0.15) is 56.3 Å². The number of aromatic nitrogens is 3. The van der Waals surface area contributed by atoms with Gasteiger partial charge in [-0.25, -0.2) is 18.4 Å². The van der Waals surface area contributed by atoms with Gasteiger partial charge in [0.1, 0.15) is 34.8 Å². The molecule has 1 amide bonds. The first-order valence-electron chi connectivity index (χ1n) is 13.2. The zero-order valence-corrected chi connectivity index (χ0v) is 21.8. The summed E-state index contributed by atoms with van der Waals surface area (Å²) in [7, 11) is 0. The van der Waals surface area contributed by atoms with E-state index in [-0.39, 0.29) is 24.4 Å². The van der Waals surface area contributed by atoms with Gasteiger partial charge in [-0.3, -0.25) is 10.1 Å². The van der Waals surface area contributed by atoms with Gasteiger partial charge in [-0.2, -0.15) is 10.5 Å². The van der Waals surface area contributed by atoms with Gasteiger partial charge in [0.05, 0.1) is 11.8 Å². The van der Waals surface area contributed by atoms with E-state index in [0.29, 0.717) is 23.8 Å². The second-order valence-electron chi connectivity index (χ2n) is 10.7. The Kier molecular flexibility index (Phi) is 6.33. The van der Waals surface area contributed by atoms with E-state index in [9.17, 15) is 23.9 Å². The molecule has 2 saturated carbocycles. The Bertz CT molecular complexity index is 1700. The van der Waals surface area contributed by atoms with Crippen molar-refractivity contribution in [3.63, 3.8) is 0 Å². The predicted molar refractivity (Wildman–Crippen MR) is 141 cm³/mol. The fourth-order valence-electron chi connectivity index (χ4n) is 5.15.